The molecule has 2 aromatic carbocycles. The van der Waals surface area contributed by atoms with Crippen LogP contribution in [0.15, 0.2) is 48.5 Å². The molecule has 0 aliphatic heterocycles. The van der Waals surface area contributed by atoms with E-state index in [1.165, 1.54) is 0 Å². The van der Waals surface area contributed by atoms with Crippen molar-refractivity contribution in [3.05, 3.63) is 59.7 Å². The van der Waals surface area contributed by atoms with Crippen molar-refractivity contribution >= 4 is 11.9 Å². The molecule has 0 saturated heterocycles. The van der Waals surface area contributed by atoms with Gasteiger partial charge in [0.15, 0.2) is 0 Å². The molecule has 2 rings (SSSR count). The summed E-state index contributed by atoms with van der Waals surface area (Å²) in [5, 5.41) is 0. The van der Waals surface area contributed by atoms with E-state index in [0.717, 1.165) is 48.5 Å². The molecule has 0 aromatic heterocycles. The van der Waals surface area contributed by atoms with Gasteiger partial charge in [0.2, 0.25) is 0 Å². The molecule has 34 heavy (non-hydrogen) atoms. The van der Waals surface area contributed by atoms with E-state index in [2.05, 4.69) is 9.47 Å². The first-order valence-corrected chi connectivity index (χ1v) is 8.92. The Morgan fingerprint density at radius 2 is 0.794 bits per heavy atom. The zero-order valence-corrected chi connectivity index (χ0v) is 16.4. The maximum atomic E-state index is 13.0. The van der Waals surface area contributed by atoms with Gasteiger partial charge in [0.05, 0.1) is 0 Å². The molecule has 0 radical (unpaired) electrons. The summed E-state index contributed by atoms with van der Waals surface area (Å²) in [7, 11) is 0. The quantitative estimate of drug-likeness (QED) is 0.219. The van der Waals surface area contributed by atoms with E-state index in [4.69, 9.17) is 0 Å². The fraction of sp³-hybridized carbons (Fsp3) is 0.300. The number of hydrogen-bond acceptors (Lipinski definition) is 4. The van der Waals surface area contributed by atoms with Crippen molar-refractivity contribution in [3.8, 4) is 11.5 Å². The van der Waals surface area contributed by atoms with E-state index in [9.17, 15) is 53.5 Å². The van der Waals surface area contributed by atoms with Gasteiger partial charge in [-0.05, 0) is 35.4 Å². The summed E-state index contributed by atoms with van der Waals surface area (Å²) in [5.41, 5.74) is -0.887. The average molecular weight is 506 g/mol. The zero-order valence-electron chi connectivity index (χ0n) is 16.4. The van der Waals surface area contributed by atoms with Gasteiger partial charge in [-0.15, -0.1) is 0 Å². The molecule has 0 spiro atoms. The molecular formula is C20H12F10O4. The number of esters is 2. The molecule has 0 atom stereocenters. The van der Waals surface area contributed by atoms with Crippen molar-refractivity contribution in [3.63, 3.8) is 0 Å². The highest BCUT2D eigenvalue weighted by Gasteiger charge is 2.57. The van der Waals surface area contributed by atoms with Gasteiger partial charge in [-0.1, -0.05) is 24.3 Å². The molecule has 0 heterocycles. The Labute approximate surface area is 184 Å². The van der Waals surface area contributed by atoms with Crippen LogP contribution in [-0.4, -0.2) is 36.1 Å². The Balaban J connectivity index is 1.95. The molecule has 14 heteroatoms. The smallest absolute Gasteiger partial charge is 0.418 e. The van der Waals surface area contributed by atoms with Crippen LogP contribution in [0.3, 0.4) is 0 Å². The predicted octanol–water partition coefficient (Wildman–Crippen LogP) is 5.68. The van der Waals surface area contributed by atoms with Crippen molar-refractivity contribution in [2.75, 3.05) is 0 Å². The predicted molar refractivity (Wildman–Crippen MR) is 93.6 cm³/mol. The van der Waals surface area contributed by atoms with Crippen LogP contribution in [0.1, 0.15) is 11.1 Å². The number of ether oxygens (including phenoxy) is 2. The summed E-state index contributed by atoms with van der Waals surface area (Å²) in [6.45, 7) is 0. The molecule has 0 unspecified atom stereocenters. The third kappa shape index (κ3) is 6.84. The van der Waals surface area contributed by atoms with Crippen LogP contribution < -0.4 is 9.47 Å². The first-order valence-electron chi connectivity index (χ1n) is 8.92. The lowest BCUT2D eigenvalue weighted by atomic mass is 10.1. The Kier molecular flexibility index (Phi) is 7.53. The maximum Gasteiger partial charge on any atom is 0.453 e. The number of carbonyl (C=O) groups excluding carboxylic acids is 2. The van der Waals surface area contributed by atoms with E-state index in [1.807, 2.05) is 0 Å². The van der Waals surface area contributed by atoms with Crippen molar-refractivity contribution in [2.24, 2.45) is 0 Å². The minimum atomic E-state index is -5.76. The SMILES string of the molecule is O=C(Oc1ccc(CC(F)(F)C(F)(F)F)cc1)C(=O)Oc1ccc(CC(F)(F)C(F)(F)F)cc1. The van der Waals surface area contributed by atoms with E-state index in [0.29, 0.717) is 0 Å². The fourth-order valence-corrected chi connectivity index (χ4v) is 2.36. The second-order valence-electron chi connectivity index (χ2n) is 6.82. The van der Waals surface area contributed by atoms with Gasteiger partial charge in [0.1, 0.15) is 11.5 Å². The van der Waals surface area contributed by atoms with Gasteiger partial charge in [0, 0.05) is 12.8 Å². The number of alkyl halides is 10. The normalized spacial score (nSPS) is 12.9. The Hall–Kier alpha value is -3.32. The summed E-state index contributed by atoms with van der Waals surface area (Å²) < 4.78 is 135. The van der Waals surface area contributed by atoms with Gasteiger partial charge in [-0.25, -0.2) is 9.59 Å². The average Bonchev–Trinajstić information content (AvgIpc) is 2.68. The van der Waals surface area contributed by atoms with E-state index < -0.39 is 71.6 Å². The van der Waals surface area contributed by atoms with Crippen molar-refractivity contribution in [1.82, 2.24) is 0 Å². The monoisotopic (exact) mass is 506 g/mol. The molecule has 2 aromatic rings. The molecule has 0 aliphatic rings. The Bertz CT molecular complexity index is 926. The molecular weight excluding hydrogens is 494 g/mol. The highest BCUT2D eigenvalue weighted by molar-refractivity contribution is 6.31. The highest BCUT2D eigenvalue weighted by Crippen LogP contribution is 2.39. The van der Waals surface area contributed by atoms with Gasteiger partial charge in [0.25, 0.3) is 0 Å². The molecule has 0 bridgehead atoms. The zero-order chi connectivity index (χ0) is 25.9. The van der Waals surface area contributed by atoms with Crippen LogP contribution in [0.5, 0.6) is 11.5 Å². The minimum Gasteiger partial charge on any atom is -0.418 e. The van der Waals surface area contributed by atoms with Crippen LogP contribution in [0.25, 0.3) is 0 Å². The third-order valence-electron chi connectivity index (χ3n) is 4.12. The number of halogens is 10. The molecule has 0 amide bonds. The fourth-order valence-electron chi connectivity index (χ4n) is 2.36. The van der Waals surface area contributed by atoms with Gasteiger partial charge < -0.3 is 9.47 Å². The first-order chi connectivity index (χ1) is 15.4. The Morgan fingerprint density at radius 3 is 1.03 bits per heavy atom. The van der Waals surface area contributed by atoms with Gasteiger partial charge in [-0.2, -0.15) is 43.9 Å². The maximum absolute atomic E-state index is 13.0. The summed E-state index contributed by atoms with van der Waals surface area (Å²) in [5.74, 6) is -14.1. The summed E-state index contributed by atoms with van der Waals surface area (Å²) in [6, 6.07) is 6.63. The highest BCUT2D eigenvalue weighted by atomic mass is 19.4. The lowest BCUT2D eigenvalue weighted by Gasteiger charge is -2.19. The van der Waals surface area contributed by atoms with Crippen molar-refractivity contribution in [2.45, 2.75) is 37.0 Å². The first kappa shape index (κ1) is 26.9. The van der Waals surface area contributed by atoms with Crippen molar-refractivity contribution in [1.29, 1.82) is 0 Å². The molecule has 4 nitrogen and oxygen atoms in total. The van der Waals surface area contributed by atoms with Crippen LogP contribution >= 0.6 is 0 Å². The number of rotatable bonds is 6. The second-order valence-corrected chi connectivity index (χ2v) is 6.82. The van der Waals surface area contributed by atoms with Crippen LogP contribution in [-0.2, 0) is 22.4 Å². The van der Waals surface area contributed by atoms with E-state index in [-0.39, 0.29) is 0 Å². The summed E-state index contributed by atoms with van der Waals surface area (Å²) >= 11 is 0. The van der Waals surface area contributed by atoms with Crippen LogP contribution in [0.2, 0.25) is 0 Å². The Morgan fingerprint density at radius 1 is 0.529 bits per heavy atom. The summed E-state index contributed by atoms with van der Waals surface area (Å²) in [6.07, 6.45) is -14.9. The number of hydrogen-bond donors (Lipinski definition) is 0. The van der Waals surface area contributed by atoms with Crippen LogP contribution in [0, 0.1) is 0 Å². The van der Waals surface area contributed by atoms with E-state index in [1.54, 1.807) is 0 Å². The topological polar surface area (TPSA) is 52.6 Å². The van der Waals surface area contributed by atoms with Crippen molar-refractivity contribution < 1.29 is 63.0 Å². The third-order valence-corrected chi connectivity index (χ3v) is 4.12. The summed E-state index contributed by atoms with van der Waals surface area (Å²) in [4.78, 5) is 23.5. The van der Waals surface area contributed by atoms with E-state index >= 15 is 0 Å². The number of benzene rings is 2. The number of carbonyl (C=O) groups is 2. The molecule has 0 aliphatic carbocycles. The molecule has 0 N–H and O–H groups in total. The standard InChI is InChI=1S/C20H12F10O4/c21-17(22,19(25,26)27)9-11-1-5-13(6-2-11)33-15(31)16(32)34-14-7-3-12(4-8-14)10-18(23,24)20(28,29)30/h1-8H,9-10H2. The largest absolute Gasteiger partial charge is 0.453 e. The second kappa shape index (κ2) is 9.50. The molecule has 0 saturated carbocycles. The lowest BCUT2D eigenvalue weighted by molar-refractivity contribution is -0.281. The van der Waals surface area contributed by atoms with Crippen LogP contribution in [0.4, 0.5) is 43.9 Å². The molecule has 186 valence electrons. The minimum absolute atomic E-state index is 0.397. The lowest BCUT2D eigenvalue weighted by Crippen LogP contribution is -2.38. The van der Waals surface area contributed by atoms with Gasteiger partial charge >= 0.3 is 36.1 Å². The molecule has 0 fully saturated rings. The van der Waals surface area contributed by atoms with Gasteiger partial charge in [-0.3, -0.25) is 0 Å².